The molecule has 2 unspecified atom stereocenters. The summed E-state index contributed by atoms with van der Waals surface area (Å²) in [6, 6.07) is 8.46. The summed E-state index contributed by atoms with van der Waals surface area (Å²) in [5, 5.41) is -0.598. The molecule has 0 radical (unpaired) electrons. The Hall–Kier alpha value is -2.55. The summed E-state index contributed by atoms with van der Waals surface area (Å²) in [7, 11) is 0. The van der Waals surface area contributed by atoms with Gasteiger partial charge in [-0.1, -0.05) is 19.1 Å². The number of hydrogen-bond donors (Lipinski definition) is 0. The van der Waals surface area contributed by atoms with E-state index in [2.05, 4.69) is 0 Å². The number of ether oxygens (including phenoxy) is 1. The minimum atomic E-state index is -4.52. The van der Waals surface area contributed by atoms with Gasteiger partial charge in [-0.2, -0.15) is 13.2 Å². The Kier molecular flexibility index (Phi) is 6.70. The number of amides is 1. The summed E-state index contributed by atoms with van der Waals surface area (Å²) in [5.41, 5.74) is -0.248. The summed E-state index contributed by atoms with van der Waals surface area (Å²) in [6.45, 7) is 2.03. The largest absolute Gasteiger partial charge is 0.464 e. The van der Waals surface area contributed by atoms with Gasteiger partial charge in [-0.05, 0) is 48.4 Å². The van der Waals surface area contributed by atoms with Crippen molar-refractivity contribution in [1.29, 1.82) is 0 Å². The number of hydrogen-bond acceptors (Lipinski definition) is 4. The van der Waals surface area contributed by atoms with E-state index in [0.717, 1.165) is 24.3 Å². The lowest BCUT2D eigenvalue weighted by Gasteiger charge is -2.28. The Morgan fingerprint density at radius 2 is 1.73 bits per heavy atom. The zero-order chi connectivity index (χ0) is 21.9. The minimum Gasteiger partial charge on any atom is -0.464 e. The zero-order valence-electron chi connectivity index (χ0n) is 16.0. The van der Waals surface area contributed by atoms with Crippen LogP contribution in [-0.2, 0) is 15.7 Å². The summed E-state index contributed by atoms with van der Waals surface area (Å²) >= 11 is 1.31. The molecule has 0 N–H and O–H groups in total. The van der Waals surface area contributed by atoms with Crippen LogP contribution in [0.2, 0.25) is 0 Å². The fraction of sp³-hybridized carbons (Fsp3) is 0.333. The molecule has 1 amide bonds. The zero-order valence-corrected chi connectivity index (χ0v) is 16.8. The van der Waals surface area contributed by atoms with Gasteiger partial charge in [0.15, 0.2) is 0 Å². The number of rotatable bonds is 5. The van der Waals surface area contributed by atoms with Gasteiger partial charge >= 0.3 is 12.1 Å². The van der Waals surface area contributed by atoms with Crippen LogP contribution in [0.25, 0.3) is 0 Å². The van der Waals surface area contributed by atoms with Crippen molar-refractivity contribution in [1.82, 2.24) is 4.90 Å². The summed E-state index contributed by atoms with van der Waals surface area (Å²) in [6.07, 6.45) is -3.91. The van der Waals surface area contributed by atoms with Crippen molar-refractivity contribution in [3.05, 3.63) is 71.0 Å². The Morgan fingerprint density at radius 3 is 2.30 bits per heavy atom. The van der Waals surface area contributed by atoms with Crippen molar-refractivity contribution in [2.75, 3.05) is 12.4 Å². The van der Waals surface area contributed by atoms with Crippen LogP contribution in [0.5, 0.6) is 0 Å². The van der Waals surface area contributed by atoms with Crippen LogP contribution in [-0.4, -0.2) is 35.2 Å². The second-order valence-corrected chi connectivity index (χ2v) is 7.82. The smallest absolute Gasteiger partial charge is 0.416 e. The SMILES string of the molecule is CCCOC(=O)C1CSC(c2ccc(F)cc2)N1C(=O)c1ccc(C(F)(F)F)cc1. The third kappa shape index (κ3) is 4.77. The number of thioether (sulfide) groups is 1. The van der Waals surface area contributed by atoms with E-state index in [1.807, 2.05) is 6.92 Å². The molecular formula is C21H19F4NO3S. The molecule has 1 fully saturated rings. The van der Waals surface area contributed by atoms with Crippen molar-refractivity contribution in [3.8, 4) is 0 Å². The van der Waals surface area contributed by atoms with Crippen LogP contribution < -0.4 is 0 Å². The predicted molar refractivity (Wildman–Crippen MR) is 104 cm³/mol. The Labute approximate surface area is 175 Å². The Morgan fingerprint density at radius 1 is 1.10 bits per heavy atom. The van der Waals surface area contributed by atoms with Gasteiger partial charge in [0.25, 0.3) is 5.91 Å². The fourth-order valence-electron chi connectivity index (χ4n) is 3.07. The lowest BCUT2D eigenvalue weighted by Crippen LogP contribution is -2.44. The highest BCUT2D eigenvalue weighted by atomic mass is 32.2. The lowest BCUT2D eigenvalue weighted by molar-refractivity contribution is -0.148. The van der Waals surface area contributed by atoms with Crippen molar-refractivity contribution in [3.63, 3.8) is 0 Å². The molecule has 1 saturated heterocycles. The Bertz CT molecular complexity index is 900. The number of alkyl halides is 3. The Balaban J connectivity index is 1.93. The average Bonchev–Trinajstić information content (AvgIpc) is 3.16. The molecule has 4 nitrogen and oxygen atoms in total. The quantitative estimate of drug-likeness (QED) is 0.481. The molecular weight excluding hydrogens is 422 g/mol. The monoisotopic (exact) mass is 441 g/mol. The van der Waals surface area contributed by atoms with E-state index >= 15 is 0 Å². The number of carbonyl (C=O) groups excluding carboxylic acids is 2. The lowest BCUT2D eigenvalue weighted by atomic mass is 10.1. The molecule has 0 spiro atoms. The van der Waals surface area contributed by atoms with Gasteiger partial charge in [0.2, 0.25) is 0 Å². The van der Waals surface area contributed by atoms with Crippen LogP contribution in [0.4, 0.5) is 17.6 Å². The highest BCUT2D eigenvalue weighted by molar-refractivity contribution is 7.99. The summed E-state index contributed by atoms with van der Waals surface area (Å²) in [4.78, 5) is 27.0. The van der Waals surface area contributed by atoms with E-state index in [-0.39, 0.29) is 17.9 Å². The third-order valence-electron chi connectivity index (χ3n) is 4.57. The number of nitrogens with zero attached hydrogens (tertiary/aromatic N) is 1. The highest BCUT2D eigenvalue weighted by Gasteiger charge is 2.43. The maximum absolute atomic E-state index is 13.3. The molecule has 160 valence electrons. The molecule has 0 bridgehead atoms. The minimum absolute atomic E-state index is 0.0194. The van der Waals surface area contributed by atoms with E-state index in [9.17, 15) is 27.2 Å². The molecule has 2 aromatic rings. The second-order valence-electron chi connectivity index (χ2n) is 6.71. The molecule has 1 aliphatic rings. The van der Waals surface area contributed by atoms with E-state index in [0.29, 0.717) is 12.0 Å². The van der Waals surface area contributed by atoms with Gasteiger partial charge in [0.1, 0.15) is 17.2 Å². The molecule has 2 aromatic carbocycles. The van der Waals surface area contributed by atoms with Crippen LogP contribution in [0.15, 0.2) is 48.5 Å². The van der Waals surface area contributed by atoms with Crippen LogP contribution >= 0.6 is 11.8 Å². The summed E-state index contributed by atoms with van der Waals surface area (Å²) < 4.78 is 57.0. The summed E-state index contributed by atoms with van der Waals surface area (Å²) in [5.74, 6) is -1.35. The van der Waals surface area contributed by atoms with Gasteiger partial charge in [-0.15, -0.1) is 11.8 Å². The highest BCUT2D eigenvalue weighted by Crippen LogP contribution is 2.42. The topological polar surface area (TPSA) is 46.6 Å². The standard InChI is InChI=1S/C21H19F4NO3S/c1-2-11-29-20(28)17-12-30-19(14-5-9-16(22)10-6-14)26(17)18(27)13-3-7-15(8-4-13)21(23,24)25/h3-10,17,19H,2,11-12H2,1H3. The van der Waals surface area contributed by atoms with Gasteiger partial charge in [-0.25, -0.2) is 9.18 Å². The average molecular weight is 441 g/mol. The first kappa shape index (κ1) is 22.1. The molecule has 3 rings (SSSR count). The molecule has 1 heterocycles. The van der Waals surface area contributed by atoms with Crippen LogP contribution in [0.1, 0.15) is 40.2 Å². The number of halogens is 4. The first-order valence-electron chi connectivity index (χ1n) is 9.26. The van der Waals surface area contributed by atoms with Crippen molar-refractivity contribution in [2.45, 2.75) is 30.9 Å². The molecule has 0 saturated carbocycles. The first-order valence-corrected chi connectivity index (χ1v) is 10.3. The third-order valence-corrected chi connectivity index (χ3v) is 5.89. The molecule has 2 atom stereocenters. The van der Waals surface area contributed by atoms with Gasteiger partial charge in [0, 0.05) is 11.3 Å². The predicted octanol–water partition coefficient (Wildman–Crippen LogP) is 5.05. The normalized spacial score (nSPS) is 19.0. The molecule has 1 aliphatic heterocycles. The van der Waals surface area contributed by atoms with Crippen molar-refractivity contribution in [2.24, 2.45) is 0 Å². The number of esters is 1. The van der Waals surface area contributed by atoms with E-state index < -0.39 is 40.8 Å². The molecule has 0 aliphatic carbocycles. The first-order chi connectivity index (χ1) is 14.2. The van der Waals surface area contributed by atoms with Gasteiger partial charge in [0.05, 0.1) is 12.2 Å². The number of benzene rings is 2. The second kappa shape index (κ2) is 9.07. The molecule has 9 heteroatoms. The van der Waals surface area contributed by atoms with E-state index in [4.69, 9.17) is 4.74 Å². The maximum atomic E-state index is 13.3. The number of carbonyl (C=O) groups is 2. The fourth-order valence-corrected chi connectivity index (χ4v) is 4.48. The van der Waals surface area contributed by atoms with Crippen LogP contribution in [0.3, 0.4) is 0 Å². The van der Waals surface area contributed by atoms with Gasteiger partial charge < -0.3 is 9.64 Å². The van der Waals surface area contributed by atoms with Crippen molar-refractivity contribution >= 4 is 23.6 Å². The van der Waals surface area contributed by atoms with E-state index in [1.165, 1.54) is 40.9 Å². The maximum Gasteiger partial charge on any atom is 0.416 e. The van der Waals surface area contributed by atoms with Gasteiger partial charge in [-0.3, -0.25) is 4.79 Å². The van der Waals surface area contributed by atoms with E-state index in [1.54, 1.807) is 0 Å². The molecule has 0 aromatic heterocycles. The van der Waals surface area contributed by atoms with Crippen LogP contribution in [0, 0.1) is 5.82 Å². The molecule has 30 heavy (non-hydrogen) atoms. The van der Waals surface area contributed by atoms with Crippen molar-refractivity contribution < 1.29 is 31.9 Å².